The summed E-state index contributed by atoms with van der Waals surface area (Å²) in [6, 6.07) is -0.250. The normalized spacial score (nSPS) is 21.2. The van der Waals surface area contributed by atoms with Gasteiger partial charge in [-0.2, -0.15) is 0 Å². The minimum absolute atomic E-state index is 0.250. The van der Waals surface area contributed by atoms with E-state index in [2.05, 4.69) is 5.32 Å². The van der Waals surface area contributed by atoms with Crippen molar-refractivity contribution in [3.8, 4) is 0 Å². The molecule has 0 bridgehead atoms. The van der Waals surface area contributed by atoms with Gasteiger partial charge in [0, 0.05) is 0 Å². The fourth-order valence-corrected chi connectivity index (χ4v) is 0.770. The van der Waals surface area contributed by atoms with Crippen LogP contribution in [0.25, 0.3) is 0 Å². The van der Waals surface area contributed by atoms with Crippen molar-refractivity contribution >= 4 is 17.9 Å². The Balaban J connectivity index is 0.000000318. The molecule has 0 saturated carbocycles. The Morgan fingerprint density at radius 2 is 1.35 bits per heavy atom. The number of hydrogen-bond donors (Lipinski definition) is 6. The smallest absolute Gasteiger partial charge is 0.335 e. The Hall–Kier alpha value is -1.71. The van der Waals surface area contributed by atoms with Crippen LogP contribution in [0.15, 0.2) is 0 Å². The van der Waals surface area contributed by atoms with Crippen molar-refractivity contribution in [2.45, 2.75) is 24.7 Å². The number of carboxylic acid groups (broad SMARTS) is 3. The monoisotopic (exact) mass is 251 g/mol. The van der Waals surface area contributed by atoms with Crippen molar-refractivity contribution in [2.24, 2.45) is 0 Å². The quantitative estimate of drug-likeness (QED) is 0.312. The first kappa shape index (κ1) is 15.3. The topological polar surface area (TPSA) is 164 Å². The standard InChI is InChI=1S/C4H7NO2.C4H6O6/c6-4(7)3-1-2-5-3;5-1(3(7)8)2(6)4(9)10/h3,5H,1-2H2,(H,6,7);1-2,5-6H,(H,7,8)(H,9,10). The molecule has 1 aliphatic heterocycles. The molecular weight excluding hydrogens is 238 g/mol. The molecule has 9 nitrogen and oxygen atoms in total. The van der Waals surface area contributed by atoms with Gasteiger partial charge in [-0.25, -0.2) is 9.59 Å². The van der Waals surface area contributed by atoms with E-state index in [0.29, 0.717) is 0 Å². The molecule has 0 amide bonds. The summed E-state index contributed by atoms with van der Waals surface area (Å²) in [7, 11) is 0. The zero-order valence-electron chi connectivity index (χ0n) is 8.61. The fraction of sp³-hybridized carbons (Fsp3) is 0.625. The second kappa shape index (κ2) is 6.78. The lowest BCUT2D eigenvalue weighted by atomic mass is 10.1. The van der Waals surface area contributed by atoms with Gasteiger partial charge in [0.15, 0.2) is 12.2 Å². The highest BCUT2D eigenvalue weighted by Gasteiger charge is 2.29. The van der Waals surface area contributed by atoms with Crippen molar-refractivity contribution in [3.63, 3.8) is 0 Å². The fourth-order valence-electron chi connectivity index (χ4n) is 0.770. The second-order valence-corrected chi connectivity index (χ2v) is 3.20. The van der Waals surface area contributed by atoms with Gasteiger partial charge < -0.3 is 30.8 Å². The van der Waals surface area contributed by atoms with E-state index in [4.69, 9.17) is 25.5 Å². The molecule has 1 heterocycles. The lowest BCUT2D eigenvalue weighted by Crippen LogP contribution is -2.48. The molecule has 0 radical (unpaired) electrons. The number of rotatable bonds is 4. The average Bonchev–Trinajstić information content (AvgIpc) is 2.12. The van der Waals surface area contributed by atoms with E-state index < -0.39 is 30.1 Å². The largest absolute Gasteiger partial charge is 0.480 e. The van der Waals surface area contributed by atoms with E-state index >= 15 is 0 Å². The minimum Gasteiger partial charge on any atom is -0.480 e. The zero-order chi connectivity index (χ0) is 13.6. The van der Waals surface area contributed by atoms with Crippen molar-refractivity contribution in [3.05, 3.63) is 0 Å². The Kier molecular flexibility index (Phi) is 6.10. The van der Waals surface area contributed by atoms with Gasteiger partial charge >= 0.3 is 17.9 Å². The summed E-state index contributed by atoms with van der Waals surface area (Å²) in [5, 5.41) is 43.4. The van der Waals surface area contributed by atoms with Gasteiger partial charge in [0.2, 0.25) is 0 Å². The number of hydrogen-bond acceptors (Lipinski definition) is 6. The van der Waals surface area contributed by atoms with Crippen LogP contribution in [-0.2, 0) is 14.4 Å². The van der Waals surface area contributed by atoms with Gasteiger partial charge in [-0.05, 0) is 13.0 Å². The molecule has 6 N–H and O–H groups in total. The molecule has 9 heteroatoms. The maximum Gasteiger partial charge on any atom is 0.335 e. The molecule has 17 heavy (non-hydrogen) atoms. The molecule has 1 fully saturated rings. The third-order valence-electron chi connectivity index (χ3n) is 1.93. The molecule has 0 aliphatic carbocycles. The van der Waals surface area contributed by atoms with Crippen LogP contribution in [-0.4, -0.2) is 68.2 Å². The van der Waals surface area contributed by atoms with Gasteiger partial charge in [-0.15, -0.1) is 0 Å². The average molecular weight is 251 g/mol. The third-order valence-corrected chi connectivity index (χ3v) is 1.93. The second-order valence-electron chi connectivity index (χ2n) is 3.20. The van der Waals surface area contributed by atoms with Crippen LogP contribution in [0.5, 0.6) is 0 Å². The summed E-state index contributed by atoms with van der Waals surface area (Å²) in [4.78, 5) is 29.5. The summed E-state index contributed by atoms with van der Waals surface area (Å²) >= 11 is 0. The van der Waals surface area contributed by atoms with E-state index in [-0.39, 0.29) is 6.04 Å². The van der Waals surface area contributed by atoms with Gasteiger partial charge in [0.1, 0.15) is 6.04 Å². The third kappa shape index (κ3) is 5.24. The highest BCUT2D eigenvalue weighted by Crippen LogP contribution is 1.99. The molecule has 3 atom stereocenters. The van der Waals surface area contributed by atoms with Crippen LogP contribution in [0.4, 0.5) is 0 Å². The van der Waals surface area contributed by atoms with Crippen LogP contribution in [0, 0.1) is 0 Å². The predicted octanol–water partition coefficient (Wildman–Crippen LogP) is -2.69. The highest BCUT2D eigenvalue weighted by atomic mass is 16.4. The molecule has 0 aromatic rings. The van der Waals surface area contributed by atoms with Crippen molar-refractivity contribution in [2.75, 3.05) is 6.54 Å². The number of carboxylic acids is 3. The summed E-state index contributed by atoms with van der Waals surface area (Å²) in [6.07, 6.45) is -3.75. The summed E-state index contributed by atoms with van der Waals surface area (Å²) in [5.74, 6) is -4.27. The zero-order valence-corrected chi connectivity index (χ0v) is 8.61. The summed E-state index contributed by atoms with van der Waals surface area (Å²) in [6.45, 7) is 0.858. The number of aliphatic hydroxyl groups is 2. The van der Waals surface area contributed by atoms with Crippen molar-refractivity contribution < 1.29 is 39.9 Å². The number of nitrogens with one attached hydrogen (secondary N) is 1. The molecular formula is C8H13NO8. The van der Waals surface area contributed by atoms with Crippen LogP contribution >= 0.6 is 0 Å². The lowest BCUT2D eigenvalue weighted by molar-refractivity contribution is -0.165. The van der Waals surface area contributed by atoms with Gasteiger partial charge in [0.05, 0.1) is 0 Å². The highest BCUT2D eigenvalue weighted by molar-refractivity contribution is 5.83. The molecule has 98 valence electrons. The van der Waals surface area contributed by atoms with Crippen molar-refractivity contribution in [1.29, 1.82) is 0 Å². The predicted molar refractivity (Wildman–Crippen MR) is 51.3 cm³/mol. The van der Waals surface area contributed by atoms with Gasteiger partial charge in [-0.1, -0.05) is 0 Å². The van der Waals surface area contributed by atoms with E-state index in [0.717, 1.165) is 13.0 Å². The first-order valence-corrected chi connectivity index (χ1v) is 4.55. The van der Waals surface area contributed by atoms with Gasteiger partial charge in [0.25, 0.3) is 0 Å². The van der Waals surface area contributed by atoms with Crippen LogP contribution < -0.4 is 5.32 Å². The first-order valence-electron chi connectivity index (χ1n) is 4.55. The minimum atomic E-state index is -2.27. The van der Waals surface area contributed by atoms with E-state index in [1.165, 1.54) is 0 Å². The molecule has 1 aliphatic rings. The summed E-state index contributed by atoms with van der Waals surface area (Å²) < 4.78 is 0. The molecule has 1 saturated heterocycles. The van der Waals surface area contributed by atoms with E-state index in [9.17, 15) is 14.4 Å². The maximum absolute atomic E-state index is 9.92. The van der Waals surface area contributed by atoms with E-state index in [1.807, 2.05) is 0 Å². The first-order chi connectivity index (χ1) is 7.77. The van der Waals surface area contributed by atoms with Crippen LogP contribution in [0.3, 0.4) is 0 Å². The number of aliphatic carboxylic acids is 3. The van der Waals surface area contributed by atoms with E-state index in [1.54, 1.807) is 0 Å². The molecule has 3 unspecified atom stereocenters. The molecule has 0 spiro atoms. The molecule has 0 aromatic heterocycles. The Bertz CT molecular complexity index is 282. The maximum atomic E-state index is 9.92. The van der Waals surface area contributed by atoms with Gasteiger partial charge in [-0.3, -0.25) is 4.79 Å². The lowest BCUT2D eigenvalue weighted by Gasteiger charge is -2.22. The number of aliphatic hydroxyl groups excluding tert-OH is 2. The Labute approximate surface area is 95.3 Å². The Morgan fingerprint density at radius 1 is 1.00 bits per heavy atom. The van der Waals surface area contributed by atoms with Crippen LogP contribution in [0.1, 0.15) is 6.42 Å². The Morgan fingerprint density at radius 3 is 1.41 bits per heavy atom. The summed E-state index contributed by atoms with van der Waals surface area (Å²) in [5.41, 5.74) is 0. The molecule has 0 aromatic carbocycles. The van der Waals surface area contributed by atoms with Crippen molar-refractivity contribution in [1.82, 2.24) is 5.32 Å². The SMILES string of the molecule is O=C(O)C(O)C(O)C(=O)O.O=C(O)C1CCN1. The molecule has 1 rings (SSSR count). The van der Waals surface area contributed by atoms with Crippen LogP contribution in [0.2, 0.25) is 0 Å². The number of carbonyl (C=O) groups is 3.